The number of hydrogen-bond acceptors (Lipinski definition) is 5. The molecule has 1 amide bonds. The van der Waals surface area contributed by atoms with Gasteiger partial charge in [0.15, 0.2) is 0 Å². The zero-order valence-electron chi connectivity index (χ0n) is 17.9. The van der Waals surface area contributed by atoms with Gasteiger partial charge in [-0.2, -0.15) is 13.2 Å². The average molecular weight is 450 g/mol. The number of carbonyl (C=O) groups excluding carboxylic acids is 1. The van der Waals surface area contributed by atoms with Gasteiger partial charge in [0, 0.05) is 31.1 Å². The number of rotatable bonds is 5. The first kappa shape index (κ1) is 22.1. The number of carbonyl (C=O) groups is 1. The maximum absolute atomic E-state index is 13.5. The molecule has 1 saturated heterocycles. The van der Waals surface area contributed by atoms with E-state index in [1.54, 1.807) is 34.1 Å². The van der Waals surface area contributed by atoms with Gasteiger partial charge in [0.1, 0.15) is 30.0 Å². The maximum atomic E-state index is 13.5. The van der Waals surface area contributed by atoms with Gasteiger partial charge in [0.25, 0.3) is 0 Å². The average Bonchev–Trinajstić information content (AvgIpc) is 3.25. The number of hydrogen-bond donors (Lipinski definition) is 0. The van der Waals surface area contributed by atoms with Crippen LogP contribution in [-0.4, -0.2) is 50.3 Å². The van der Waals surface area contributed by atoms with Crippen LogP contribution in [0.5, 0.6) is 17.2 Å². The van der Waals surface area contributed by atoms with E-state index in [4.69, 9.17) is 14.2 Å². The summed E-state index contributed by atoms with van der Waals surface area (Å²) in [5, 5.41) is 0. The Morgan fingerprint density at radius 3 is 2.72 bits per heavy atom. The number of anilines is 2. The van der Waals surface area contributed by atoms with Gasteiger partial charge in [0.05, 0.1) is 31.5 Å². The van der Waals surface area contributed by atoms with Crippen molar-refractivity contribution < 1.29 is 32.2 Å². The van der Waals surface area contributed by atoms with Gasteiger partial charge in [-0.15, -0.1) is 0 Å². The third-order valence-corrected chi connectivity index (χ3v) is 5.70. The van der Waals surface area contributed by atoms with Gasteiger partial charge < -0.3 is 24.0 Å². The topological polar surface area (TPSA) is 51.2 Å². The lowest BCUT2D eigenvalue weighted by molar-refractivity contribution is -0.138. The highest BCUT2D eigenvalue weighted by Gasteiger charge is 2.35. The Morgan fingerprint density at radius 2 is 2.00 bits per heavy atom. The monoisotopic (exact) mass is 450 g/mol. The molecular weight excluding hydrogens is 425 g/mol. The number of fused-ring (bicyclic) bond motifs is 1. The number of halogens is 3. The molecular formula is C23H25F3N2O4. The predicted molar refractivity (Wildman–Crippen MR) is 113 cm³/mol. The molecule has 172 valence electrons. The lowest BCUT2D eigenvalue weighted by atomic mass is 10.1. The van der Waals surface area contributed by atoms with Crippen molar-refractivity contribution in [2.75, 3.05) is 38.3 Å². The summed E-state index contributed by atoms with van der Waals surface area (Å²) in [5.74, 6) is 1.03. The first-order chi connectivity index (χ1) is 15.3. The summed E-state index contributed by atoms with van der Waals surface area (Å²) in [5.41, 5.74) is 0.191. The van der Waals surface area contributed by atoms with E-state index in [0.717, 1.165) is 12.5 Å². The van der Waals surface area contributed by atoms with Crippen LogP contribution in [0.3, 0.4) is 0 Å². The first-order valence-electron chi connectivity index (χ1n) is 10.5. The molecule has 2 aromatic carbocycles. The molecule has 4 rings (SSSR count). The molecule has 9 heteroatoms. The summed E-state index contributed by atoms with van der Waals surface area (Å²) >= 11 is 0. The molecule has 2 aromatic rings. The van der Waals surface area contributed by atoms with Crippen LogP contribution in [-0.2, 0) is 11.0 Å². The molecule has 6 nitrogen and oxygen atoms in total. The molecule has 1 fully saturated rings. The molecule has 0 N–H and O–H groups in total. The molecule has 0 aromatic heterocycles. The van der Waals surface area contributed by atoms with Crippen LogP contribution >= 0.6 is 0 Å². The van der Waals surface area contributed by atoms with E-state index in [-0.39, 0.29) is 17.8 Å². The molecule has 1 atom stereocenters. The standard InChI is InChI=1S/C23H25F3N2O4/c1-3-22(29)27-9-8-17(14-27)32-16-5-7-21-19(13-16)28(10-11-31-21)15-4-6-20(30-2)18(12-15)23(24,25)26/h4-7,12-13,17H,3,8-11,14H2,1-2H3. The van der Waals surface area contributed by atoms with Crippen LogP contribution in [0.2, 0.25) is 0 Å². The van der Waals surface area contributed by atoms with Gasteiger partial charge in [0.2, 0.25) is 5.91 Å². The van der Waals surface area contributed by atoms with Gasteiger partial charge in [-0.05, 0) is 30.3 Å². The molecule has 32 heavy (non-hydrogen) atoms. The second-order valence-corrected chi connectivity index (χ2v) is 7.73. The zero-order valence-corrected chi connectivity index (χ0v) is 17.9. The minimum atomic E-state index is -4.54. The van der Waals surface area contributed by atoms with E-state index in [1.165, 1.54) is 13.2 Å². The molecule has 0 saturated carbocycles. The maximum Gasteiger partial charge on any atom is 0.420 e. The van der Waals surface area contributed by atoms with Crippen molar-refractivity contribution in [3.8, 4) is 17.2 Å². The summed E-state index contributed by atoms with van der Waals surface area (Å²) in [4.78, 5) is 15.5. The summed E-state index contributed by atoms with van der Waals surface area (Å²) in [7, 11) is 1.22. The van der Waals surface area contributed by atoms with Crippen molar-refractivity contribution in [1.29, 1.82) is 0 Å². The highest BCUT2D eigenvalue weighted by Crippen LogP contribution is 2.43. The van der Waals surface area contributed by atoms with Crippen LogP contribution in [0.25, 0.3) is 0 Å². The van der Waals surface area contributed by atoms with Crippen LogP contribution < -0.4 is 19.1 Å². The smallest absolute Gasteiger partial charge is 0.420 e. The van der Waals surface area contributed by atoms with Gasteiger partial charge >= 0.3 is 6.18 Å². The van der Waals surface area contributed by atoms with Crippen molar-refractivity contribution in [2.24, 2.45) is 0 Å². The second-order valence-electron chi connectivity index (χ2n) is 7.73. The van der Waals surface area contributed by atoms with Crippen LogP contribution in [0, 0.1) is 0 Å². The fourth-order valence-electron chi connectivity index (χ4n) is 4.09. The third-order valence-electron chi connectivity index (χ3n) is 5.70. The van der Waals surface area contributed by atoms with E-state index in [0.29, 0.717) is 55.5 Å². The number of alkyl halides is 3. The minimum absolute atomic E-state index is 0.0982. The third kappa shape index (κ3) is 4.42. The molecule has 0 spiro atoms. The first-order valence-corrected chi connectivity index (χ1v) is 10.5. The Morgan fingerprint density at radius 1 is 1.19 bits per heavy atom. The number of benzene rings is 2. The Labute approximate surface area is 184 Å². The predicted octanol–water partition coefficient (Wildman–Crippen LogP) is 4.63. The van der Waals surface area contributed by atoms with Crippen molar-refractivity contribution in [1.82, 2.24) is 4.90 Å². The van der Waals surface area contributed by atoms with Crippen molar-refractivity contribution in [2.45, 2.75) is 32.0 Å². The van der Waals surface area contributed by atoms with Crippen LogP contribution in [0.4, 0.5) is 24.5 Å². The van der Waals surface area contributed by atoms with E-state index < -0.39 is 11.7 Å². The van der Waals surface area contributed by atoms with Crippen LogP contribution in [0.1, 0.15) is 25.3 Å². The Bertz CT molecular complexity index is 996. The minimum Gasteiger partial charge on any atom is -0.496 e. The molecule has 2 heterocycles. The lowest BCUT2D eigenvalue weighted by Crippen LogP contribution is -2.30. The molecule has 2 aliphatic heterocycles. The molecule has 2 aliphatic rings. The number of methoxy groups -OCH3 is 1. The second kappa shape index (κ2) is 8.80. The SMILES string of the molecule is CCC(=O)N1CCC(Oc2ccc3c(c2)N(c2ccc(OC)c(C(F)(F)F)c2)CCO3)C1. The number of nitrogens with zero attached hydrogens (tertiary/aromatic N) is 2. The molecule has 0 aliphatic carbocycles. The zero-order chi connectivity index (χ0) is 22.9. The van der Waals surface area contributed by atoms with E-state index >= 15 is 0 Å². The Balaban J connectivity index is 1.59. The Hall–Kier alpha value is -3.10. The number of ether oxygens (including phenoxy) is 3. The fraction of sp³-hybridized carbons (Fsp3) is 0.435. The lowest BCUT2D eigenvalue weighted by Gasteiger charge is -2.32. The number of likely N-dealkylation sites (tertiary alicyclic amines) is 1. The molecule has 1 unspecified atom stereocenters. The highest BCUT2D eigenvalue weighted by atomic mass is 19.4. The Kier molecular flexibility index (Phi) is 6.08. The molecule has 0 radical (unpaired) electrons. The normalized spacial score (nSPS) is 18.2. The van der Waals surface area contributed by atoms with Crippen molar-refractivity contribution >= 4 is 17.3 Å². The van der Waals surface area contributed by atoms with E-state index in [9.17, 15) is 18.0 Å². The summed E-state index contributed by atoms with van der Waals surface area (Å²) in [6, 6.07) is 9.33. The summed E-state index contributed by atoms with van der Waals surface area (Å²) in [6.45, 7) is 3.75. The van der Waals surface area contributed by atoms with Gasteiger partial charge in [-0.1, -0.05) is 6.92 Å². The number of amides is 1. The quantitative estimate of drug-likeness (QED) is 0.665. The van der Waals surface area contributed by atoms with Crippen LogP contribution in [0.15, 0.2) is 36.4 Å². The summed E-state index contributed by atoms with van der Waals surface area (Å²) in [6.07, 6.45) is -3.47. The highest BCUT2D eigenvalue weighted by molar-refractivity contribution is 5.76. The van der Waals surface area contributed by atoms with E-state index in [1.807, 2.05) is 6.92 Å². The summed E-state index contributed by atoms with van der Waals surface area (Å²) < 4.78 is 57.2. The molecule has 0 bridgehead atoms. The van der Waals surface area contributed by atoms with Gasteiger partial charge in [-0.3, -0.25) is 4.79 Å². The van der Waals surface area contributed by atoms with Crippen molar-refractivity contribution in [3.63, 3.8) is 0 Å². The van der Waals surface area contributed by atoms with E-state index in [2.05, 4.69) is 0 Å². The van der Waals surface area contributed by atoms with Gasteiger partial charge in [-0.25, -0.2) is 0 Å². The fourth-order valence-corrected chi connectivity index (χ4v) is 4.09. The van der Waals surface area contributed by atoms with Crippen molar-refractivity contribution in [3.05, 3.63) is 42.0 Å². The largest absolute Gasteiger partial charge is 0.496 e.